The van der Waals surface area contributed by atoms with Gasteiger partial charge in [-0.15, -0.1) is 0 Å². The number of allylic oxidation sites excluding steroid dienone is 2. The zero-order valence-electron chi connectivity index (χ0n) is 16.1. The third-order valence-corrected chi connectivity index (χ3v) is 3.82. The quantitative estimate of drug-likeness (QED) is 0.505. The number of amides is 2. The smallest absolute Gasteiger partial charge is 0.280 e. The molecule has 1 aliphatic rings. The Morgan fingerprint density at radius 2 is 2.11 bits per heavy atom. The number of anilines is 1. The molecular formula is C20H25N5O3. The minimum atomic E-state index is -0.762. The van der Waals surface area contributed by atoms with E-state index in [1.54, 1.807) is 31.2 Å². The zero-order chi connectivity index (χ0) is 20.4. The molecule has 2 N–H and O–H groups in total. The SMILES string of the molecule is CC/C=C(\C=C/CC(=O)NCCO)N=NC1C(=O)N(c2ccccc2)N=C1C. The third-order valence-electron chi connectivity index (χ3n) is 3.82. The van der Waals surface area contributed by atoms with Gasteiger partial charge >= 0.3 is 0 Å². The molecule has 28 heavy (non-hydrogen) atoms. The number of aliphatic hydroxyl groups excluding tert-OH is 1. The normalized spacial score (nSPS) is 17.6. The maximum Gasteiger partial charge on any atom is 0.280 e. The Morgan fingerprint density at radius 1 is 1.36 bits per heavy atom. The van der Waals surface area contributed by atoms with Gasteiger partial charge in [0.25, 0.3) is 5.91 Å². The first-order valence-corrected chi connectivity index (χ1v) is 9.16. The Balaban J connectivity index is 2.03. The highest BCUT2D eigenvalue weighted by Crippen LogP contribution is 2.22. The number of rotatable bonds is 9. The van der Waals surface area contributed by atoms with E-state index in [2.05, 4.69) is 20.6 Å². The number of hydrogen-bond donors (Lipinski definition) is 2. The van der Waals surface area contributed by atoms with Crippen molar-refractivity contribution >= 4 is 23.2 Å². The van der Waals surface area contributed by atoms with Crippen LogP contribution < -0.4 is 10.3 Å². The van der Waals surface area contributed by atoms with Gasteiger partial charge in [-0.25, -0.2) is 0 Å². The Kier molecular flexibility index (Phi) is 8.23. The topological polar surface area (TPSA) is 107 Å². The summed E-state index contributed by atoms with van der Waals surface area (Å²) in [5.41, 5.74) is 1.82. The lowest BCUT2D eigenvalue weighted by molar-refractivity contribution is -0.120. The molecule has 1 aromatic rings. The van der Waals surface area contributed by atoms with E-state index in [0.29, 0.717) is 17.1 Å². The van der Waals surface area contributed by atoms with E-state index in [9.17, 15) is 9.59 Å². The molecule has 2 amide bonds. The van der Waals surface area contributed by atoms with Crippen LogP contribution >= 0.6 is 0 Å². The molecule has 1 aromatic carbocycles. The first-order chi connectivity index (χ1) is 13.6. The summed E-state index contributed by atoms with van der Waals surface area (Å²) >= 11 is 0. The summed E-state index contributed by atoms with van der Waals surface area (Å²) in [6.07, 6.45) is 6.11. The van der Waals surface area contributed by atoms with Crippen LogP contribution in [0, 0.1) is 0 Å². The number of hydrazone groups is 1. The minimum absolute atomic E-state index is 0.0963. The van der Waals surface area contributed by atoms with Crippen molar-refractivity contribution in [3.63, 3.8) is 0 Å². The van der Waals surface area contributed by atoms with Crippen LogP contribution in [0.5, 0.6) is 0 Å². The van der Waals surface area contributed by atoms with Gasteiger partial charge in [0.1, 0.15) is 0 Å². The fourth-order valence-electron chi connectivity index (χ4n) is 2.47. The first kappa shape index (κ1) is 21.2. The van der Waals surface area contributed by atoms with E-state index in [0.717, 1.165) is 6.42 Å². The molecular weight excluding hydrogens is 358 g/mol. The van der Waals surface area contributed by atoms with Crippen molar-refractivity contribution < 1.29 is 14.7 Å². The average molecular weight is 383 g/mol. The number of azo groups is 1. The maximum atomic E-state index is 12.6. The molecule has 0 spiro atoms. The molecule has 0 saturated carbocycles. The van der Waals surface area contributed by atoms with Crippen molar-refractivity contribution in [1.82, 2.24) is 5.32 Å². The number of aliphatic hydroxyl groups is 1. The molecule has 1 heterocycles. The van der Waals surface area contributed by atoms with Crippen molar-refractivity contribution in [2.75, 3.05) is 18.2 Å². The van der Waals surface area contributed by atoms with Crippen LogP contribution in [0.15, 0.2) is 69.6 Å². The van der Waals surface area contributed by atoms with E-state index in [1.807, 2.05) is 31.2 Å². The van der Waals surface area contributed by atoms with Gasteiger partial charge in [-0.3, -0.25) is 9.59 Å². The maximum absolute atomic E-state index is 12.6. The van der Waals surface area contributed by atoms with Crippen LogP contribution in [0.25, 0.3) is 0 Å². The number of nitrogens with one attached hydrogen (secondary N) is 1. The summed E-state index contributed by atoms with van der Waals surface area (Å²) in [5, 5.41) is 25.3. The molecule has 1 atom stereocenters. The van der Waals surface area contributed by atoms with Crippen molar-refractivity contribution in [1.29, 1.82) is 0 Å². The molecule has 0 bridgehead atoms. The highest BCUT2D eigenvalue weighted by atomic mass is 16.3. The highest BCUT2D eigenvalue weighted by Gasteiger charge is 2.34. The van der Waals surface area contributed by atoms with Gasteiger partial charge < -0.3 is 10.4 Å². The largest absolute Gasteiger partial charge is 0.395 e. The first-order valence-electron chi connectivity index (χ1n) is 9.16. The second-order valence-electron chi connectivity index (χ2n) is 6.06. The standard InChI is InChI=1S/C20H25N5O3/c1-3-8-16(9-7-12-18(27)21-13-14-26)22-23-19-15(2)24-25(20(19)28)17-10-5-4-6-11-17/h4-11,19,26H,3,12-14H2,1-2H3,(H,21,27)/b9-7-,16-8+,23-22?. The molecule has 8 heteroatoms. The number of carbonyl (C=O) groups is 2. The molecule has 0 aliphatic carbocycles. The summed E-state index contributed by atoms with van der Waals surface area (Å²) in [4.78, 5) is 24.2. The minimum Gasteiger partial charge on any atom is -0.395 e. The molecule has 1 aliphatic heterocycles. The third kappa shape index (κ3) is 5.95. The van der Waals surface area contributed by atoms with Crippen molar-refractivity contribution in [3.05, 3.63) is 54.3 Å². The number of nitrogens with zero attached hydrogens (tertiary/aromatic N) is 4. The Morgan fingerprint density at radius 3 is 2.79 bits per heavy atom. The van der Waals surface area contributed by atoms with E-state index in [4.69, 9.17) is 5.11 Å². The van der Waals surface area contributed by atoms with Crippen LogP contribution in [-0.2, 0) is 9.59 Å². The summed E-state index contributed by atoms with van der Waals surface area (Å²) in [6, 6.07) is 8.40. The van der Waals surface area contributed by atoms with Crippen molar-refractivity contribution in [2.24, 2.45) is 15.3 Å². The Hall–Kier alpha value is -3.13. The van der Waals surface area contributed by atoms with Gasteiger partial charge in [-0.05, 0) is 31.6 Å². The van der Waals surface area contributed by atoms with E-state index >= 15 is 0 Å². The number of hydrogen-bond acceptors (Lipinski definition) is 6. The Bertz CT molecular complexity index is 799. The van der Waals surface area contributed by atoms with Gasteiger partial charge in [-0.2, -0.15) is 20.3 Å². The average Bonchev–Trinajstić information content (AvgIpc) is 2.99. The predicted molar refractivity (Wildman–Crippen MR) is 108 cm³/mol. The zero-order valence-corrected chi connectivity index (χ0v) is 16.1. The molecule has 1 unspecified atom stereocenters. The monoisotopic (exact) mass is 383 g/mol. The number of para-hydroxylation sites is 1. The van der Waals surface area contributed by atoms with Crippen LogP contribution in [0.3, 0.4) is 0 Å². The van der Waals surface area contributed by atoms with E-state index < -0.39 is 6.04 Å². The van der Waals surface area contributed by atoms with E-state index in [1.165, 1.54) is 5.01 Å². The molecule has 8 nitrogen and oxygen atoms in total. The lowest BCUT2D eigenvalue weighted by atomic mass is 10.2. The Labute approximate surface area is 164 Å². The summed E-state index contributed by atoms with van der Waals surface area (Å²) in [7, 11) is 0. The number of carbonyl (C=O) groups excluding carboxylic acids is 2. The molecule has 0 fully saturated rings. The lowest BCUT2D eigenvalue weighted by Crippen LogP contribution is -2.29. The summed E-state index contributed by atoms with van der Waals surface area (Å²) < 4.78 is 0. The second kappa shape index (κ2) is 10.9. The van der Waals surface area contributed by atoms with Gasteiger partial charge in [0, 0.05) is 13.0 Å². The van der Waals surface area contributed by atoms with Crippen LogP contribution in [-0.4, -0.2) is 41.8 Å². The predicted octanol–water partition coefficient (Wildman–Crippen LogP) is 2.58. The molecule has 2 rings (SSSR count). The van der Waals surface area contributed by atoms with E-state index in [-0.39, 0.29) is 31.4 Å². The van der Waals surface area contributed by atoms with Crippen molar-refractivity contribution in [3.8, 4) is 0 Å². The van der Waals surface area contributed by atoms with Crippen molar-refractivity contribution in [2.45, 2.75) is 32.7 Å². The molecule has 148 valence electrons. The molecule has 0 radical (unpaired) electrons. The fourth-order valence-corrected chi connectivity index (χ4v) is 2.47. The highest BCUT2D eigenvalue weighted by molar-refractivity contribution is 6.18. The van der Waals surface area contributed by atoms with Gasteiger partial charge in [-0.1, -0.05) is 37.3 Å². The lowest BCUT2D eigenvalue weighted by Gasteiger charge is -2.11. The molecule has 0 aromatic heterocycles. The van der Waals surface area contributed by atoms with Crippen LogP contribution in [0.1, 0.15) is 26.7 Å². The summed E-state index contributed by atoms with van der Waals surface area (Å²) in [6.45, 7) is 3.84. The number of benzene rings is 1. The fraction of sp³-hybridized carbons (Fsp3) is 0.350. The van der Waals surface area contributed by atoms with Crippen LogP contribution in [0.2, 0.25) is 0 Å². The van der Waals surface area contributed by atoms with Crippen LogP contribution in [0.4, 0.5) is 5.69 Å². The van der Waals surface area contributed by atoms with Gasteiger partial charge in [0.15, 0.2) is 6.04 Å². The second-order valence-corrected chi connectivity index (χ2v) is 6.06. The summed E-state index contributed by atoms with van der Waals surface area (Å²) in [5.74, 6) is -0.443. The van der Waals surface area contributed by atoms with Gasteiger partial charge in [0.2, 0.25) is 5.91 Å². The van der Waals surface area contributed by atoms with Gasteiger partial charge in [0.05, 0.1) is 23.7 Å². The molecule has 0 saturated heterocycles.